The van der Waals surface area contributed by atoms with Crippen molar-refractivity contribution in [1.29, 1.82) is 0 Å². The van der Waals surface area contributed by atoms with Crippen molar-refractivity contribution in [1.82, 2.24) is 15.0 Å². The zero-order valence-corrected chi connectivity index (χ0v) is 11.1. The van der Waals surface area contributed by atoms with Gasteiger partial charge in [-0.25, -0.2) is 0 Å². The molecule has 0 aromatic carbocycles. The fraction of sp³-hybridized carbons (Fsp3) is 0.727. The van der Waals surface area contributed by atoms with E-state index in [0.717, 1.165) is 19.3 Å². The molecule has 18 heavy (non-hydrogen) atoms. The summed E-state index contributed by atoms with van der Waals surface area (Å²) in [7, 11) is 0. The van der Waals surface area contributed by atoms with Gasteiger partial charge >= 0.3 is 0 Å². The highest BCUT2D eigenvalue weighted by Crippen LogP contribution is 2.34. The minimum absolute atomic E-state index is 0.0422. The molecule has 0 saturated heterocycles. The summed E-state index contributed by atoms with van der Waals surface area (Å²) in [5.74, 6) is 0.971. The molecule has 7 heteroatoms. The molecule has 0 spiro atoms. The van der Waals surface area contributed by atoms with E-state index in [9.17, 15) is 5.11 Å². The monoisotopic (exact) mass is 271 g/mol. The van der Waals surface area contributed by atoms with Crippen molar-refractivity contribution in [2.75, 3.05) is 17.7 Å². The maximum atomic E-state index is 9.66. The van der Waals surface area contributed by atoms with E-state index in [1.54, 1.807) is 0 Å². The lowest BCUT2D eigenvalue weighted by Gasteiger charge is -2.39. The van der Waals surface area contributed by atoms with E-state index >= 15 is 0 Å². The van der Waals surface area contributed by atoms with Crippen LogP contribution in [0.1, 0.15) is 32.6 Å². The minimum Gasteiger partial charge on any atom is -0.394 e. The van der Waals surface area contributed by atoms with E-state index < -0.39 is 0 Å². The van der Waals surface area contributed by atoms with Gasteiger partial charge in [0.25, 0.3) is 0 Å². The van der Waals surface area contributed by atoms with Crippen molar-refractivity contribution >= 4 is 23.5 Å². The van der Waals surface area contributed by atoms with Gasteiger partial charge in [0.05, 0.1) is 12.1 Å². The first-order chi connectivity index (χ1) is 8.53. The van der Waals surface area contributed by atoms with E-state index in [1.165, 1.54) is 6.42 Å². The average molecular weight is 272 g/mol. The molecule has 1 aliphatic rings. The number of nitrogens with one attached hydrogen (secondary N) is 1. The smallest absolute Gasteiger partial charge is 0.229 e. The van der Waals surface area contributed by atoms with Crippen LogP contribution >= 0.6 is 11.6 Å². The zero-order valence-electron chi connectivity index (χ0n) is 10.4. The molecule has 2 atom stereocenters. The fourth-order valence-electron chi connectivity index (χ4n) is 2.62. The van der Waals surface area contributed by atoms with Gasteiger partial charge in [-0.1, -0.05) is 19.8 Å². The predicted molar refractivity (Wildman–Crippen MR) is 70.3 cm³/mol. The lowest BCUT2D eigenvalue weighted by Crippen LogP contribution is -2.46. The lowest BCUT2D eigenvalue weighted by atomic mass is 9.77. The Balaban J connectivity index is 2.18. The van der Waals surface area contributed by atoms with Crippen molar-refractivity contribution in [2.45, 2.75) is 38.1 Å². The van der Waals surface area contributed by atoms with Crippen LogP contribution in [-0.2, 0) is 0 Å². The van der Waals surface area contributed by atoms with Crippen molar-refractivity contribution < 1.29 is 5.11 Å². The summed E-state index contributed by atoms with van der Waals surface area (Å²) >= 11 is 5.74. The third kappa shape index (κ3) is 3.00. The summed E-state index contributed by atoms with van der Waals surface area (Å²) in [6.45, 7) is 2.22. The number of nitrogens with zero attached hydrogens (tertiary/aromatic N) is 3. The Kier molecular flexibility index (Phi) is 3.87. The van der Waals surface area contributed by atoms with Crippen LogP contribution in [-0.4, -0.2) is 32.2 Å². The highest BCUT2D eigenvalue weighted by Gasteiger charge is 2.35. The topological polar surface area (TPSA) is 97.0 Å². The van der Waals surface area contributed by atoms with Crippen LogP contribution in [0.3, 0.4) is 0 Å². The summed E-state index contributed by atoms with van der Waals surface area (Å²) in [4.78, 5) is 11.7. The molecule has 1 fully saturated rings. The Hall–Kier alpha value is -1.14. The lowest BCUT2D eigenvalue weighted by molar-refractivity contribution is 0.149. The van der Waals surface area contributed by atoms with Crippen molar-refractivity contribution in [3.63, 3.8) is 0 Å². The zero-order chi connectivity index (χ0) is 13.2. The first kappa shape index (κ1) is 13.3. The summed E-state index contributed by atoms with van der Waals surface area (Å²) in [5.41, 5.74) is 5.15. The second-order valence-corrected chi connectivity index (χ2v) is 5.39. The quantitative estimate of drug-likeness (QED) is 0.770. The number of aliphatic hydroxyl groups is 1. The molecule has 1 aromatic heterocycles. The number of aromatic nitrogens is 3. The molecule has 1 aliphatic carbocycles. The molecule has 0 aliphatic heterocycles. The third-order valence-electron chi connectivity index (χ3n) is 3.40. The van der Waals surface area contributed by atoms with Gasteiger partial charge in [0.1, 0.15) is 0 Å². The molecule has 0 bridgehead atoms. The first-order valence-electron chi connectivity index (χ1n) is 6.09. The number of nitrogen functional groups attached to an aromatic ring is 1. The number of anilines is 2. The third-order valence-corrected chi connectivity index (χ3v) is 3.57. The van der Waals surface area contributed by atoms with E-state index in [0.29, 0.717) is 11.9 Å². The summed E-state index contributed by atoms with van der Waals surface area (Å²) in [6.07, 6.45) is 4.02. The molecule has 100 valence electrons. The van der Waals surface area contributed by atoms with Crippen LogP contribution < -0.4 is 11.1 Å². The van der Waals surface area contributed by atoms with E-state index in [2.05, 4.69) is 27.2 Å². The molecule has 4 N–H and O–H groups in total. The molecule has 0 radical (unpaired) electrons. The number of nitrogens with two attached hydrogens (primary N) is 1. The van der Waals surface area contributed by atoms with Crippen LogP contribution in [0.2, 0.25) is 5.28 Å². The van der Waals surface area contributed by atoms with Gasteiger partial charge in [-0.3, -0.25) is 0 Å². The first-order valence-corrected chi connectivity index (χ1v) is 6.47. The second kappa shape index (κ2) is 5.24. The van der Waals surface area contributed by atoms with E-state index in [4.69, 9.17) is 17.3 Å². The van der Waals surface area contributed by atoms with Gasteiger partial charge in [-0.05, 0) is 30.4 Å². The van der Waals surface area contributed by atoms with Gasteiger partial charge in [0.15, 0.2) is 0 Å². The fourth-order valence-corrected chi connectivity index (χ4v) is 2.78. The number of hydrogen-bond acceptors (Lipinski definition) is 6. The Bertz CT molecular complexity index is 410. The largest absolute Gasteiger partial charge is 0.394 e. The summed E-state index contributed by atoms with van der Waals surface area (Å²) in [6, 6.07) is 0. The minimum atomic E-state index is -0.380. The Morgan fingerprint density at radius 1 is 1.50 bits per heavy atom. The van der Waals surface area contributed by atoms with Gasteiger partial charge in [0, 0.05) is 0 Å². The molecular weight excluding hydrogens is 254 g/mol. The van der Waals surface area contributed by atoms with Gasteiger partial charge < -0.3 is 16.2 Å². The van der Waals surface area contributed by atoms with Crippen LogP contribution in [0.5, 0.6) is 0 Å². The van der Waals surface area contributed by atoms with E-state index in [-0.39, 0.29) is 23.4 Å². The van der Waals surface area contributed by atoms with E-state index in [1.807, 2.05) is 0 Å². The van der Waals surface area contributed by atoms with Crippen LogP contribution in [0.4, 0.5) is 11.9 Å². The molecular formula is C11H18ClN5O. The second-order valence-electron chi connectivity index (χ2n) is 5.05. The number of aliphatic hydroxyl groups excluding tert-OH is 1. The Labute approximate surface area is 111 Å². The molecule has 0 amide bonds. The highest BCUT2D eigenvalue weighted by atomic mass is 35.5. The number of halogens is 1. The van der Waals surface area contributed by atoms with Crippen molar-refractivity contribution in [2.24, 2.45) is 5.92 Å². The average Bonchev–Trinajstić information content (AvgIpc) is 2.27. The number of rotatable bonds is 3. The van der Waals surface area contributed by atoms with Crippen molar-refractivity contribution in [3.8, 4) is 0 Å². The standard InChI is InChI=1S/C11H18ClN5O/c1-7-3-2-4-11(5-7,6-18)17-10-15-8(12)14-9(13)16-10/h7,18H,2-6H2,1H3,(H3,13,14,15,16,17). The van der Waals surface area contributed by atoms with Gasteiger partial charge in [0.2, 0.25) is 17.2 Å². The normalized spacial score (nSPS) is 28.1. The van der Waals surface area contributed by atoms with Crippen LogP contribution in [0, 0.1) is 5.92 Å². The molecule has 2 rings (SSSR count). The highest BCUT2D eigenvalue weighted by molar-refractivity contribution is 6.28. The Morgan fingerprint density at radius 3 is 2.89 bits per heavy atom. The molecule has 6 nitrogen and oxygen atoms in total. The molecule has 1 aromatic rings. The Morgan fingerprint density at radius 2 is 2.28 bits per heavy atom. The summed E-state index contributed by atoms with van der Waals surface area (Å²) in [5, 5.41) is 12.9. The molecule has 2 unspecified atom stereocenters. The molecule has 1 saturated carbocycles. The summed E-state index contributed by atoms with van der Waals surface area (Å²) < 4.78 is 0. The predicted octanol–water partition coefficient (Wildman–Crippen LogP) is 1.46. The number of hydrogen-bond donors (Lipinski definition) is 3. The SMILES string of the molecule is CC1CCCC(CO)(Nc2nc(N)nc(Cl)n2)C1. The van der Waals surface area contributed by atoms with Crippen LogP contribution in [0.15, 0.2) is 0 Å². The van der Waals surface area contributed by atoms with Crippen molar-refractivity contribution in [3.05, 3.63) is 5.28 Å². The maximum Gasteiger partial charge on any atom is 0.229 e. The molecule has 1 heterocycles. The van der Waals surface area contributed by atoms with Gasteiger partial charge in [-0.15, -0.1) is 0 Å². The maximum absolute atomic E-state index is 9.66. The van der Waals surface area contributed by atoms with Crippen LogP contribution in [0.25, 0.3) is 0 Å². The van der Waals surface area contributed by atoms with Gasteiger partial charge in [-0.2, -0.15) is 15.0 Å².